The van der Waals surface area contributed by atoms with Crippen molar-refractivity contribution in [3.05, 3.63) is 36.5 Å². The molecule has 0 aliphatic heterocycles. The Bertz CT molecular complexity index is 1040. The first-order valence-electron chi connectivity index (χ1n) is 7.95. The van der Waals surface area contributed by atoms with E-state index in [4.69, 9.17) is 4.74 Å². The van der Waals surface area contributed by atoms with Crippen LogP contribution in [0, 0.1) is 6.92 Å². The second-order valence-electron chi connectivity index (χ2n) is 6.13. The minimum absolute atomic E-state index is 0.325. The molecule has 0 atom stereocenters. The van der Waals surface area contributed by atoms with Crippen molar-refractivity contribution >= 4 is 22.2 Å². The van der Waals surface area contributed by atoms with Gasteiger partial charge in [-0.3, -0.25) is 0 Å². The van der Waals surface area contributed by atoms with Gasteiger partial charge in [0.2, 0.25) is 0 Å². The first-order valence-corrected chi connectivity index (χ1v) is 7.95. The predicted molar refractivity (Wildman–Crippen MR) is 94.3 cm³/mol. The molecule has 0 saturated heterocycles. The first kappa shape index (κ1) is 14.7. The maximum absolute atomic E-state index is 5.50. The molecule has 0 amide bonds. The van der Waals surface area contributed by atoms with Gasteiger partial charge < -0.3 is 14.3 Å². The Balaban J connectivity index is 1.99. The minimum atomic E-state index is 0.325. The average Bonchev–Trinajstić information content (AvgIpc) is 3.13. The summed E-state index contributed by atoms with van der Waals surface area (Å²) in [5.74, 6) is 1.77. The summed E-state index contributed by atoms with van der Waals surface area (Å²) in [6.45, 7) is 6.32. The molecule has 4 aromatic rings. The lowest BCUT2D eigenvalue weighted by Gasteiger charge is -2.11. The molecular formula is C18H19N5O. The van der Waals surface area contributed by atoms with Gasteiger partial charge in [-0.15, -0.1) is 0 Å². The fraction of sp³-hybridized carbons (Fsp3) is 0.278. The fourth-order valence-corrected chi connectivity index (χ4v) is 3.31. The number of rotatable bonds is 3. The van der Waals surface area contributed by atoms with E-state index in [0.29, 0.717) is 6.04 Å². The number of methoxy groups -OCH3 is 1. The third-order valence-corrected chi connectivity index (χ3v) is 4.31. The number of aromatic amines is 1. The van der Waals surface area contributed by atoms with Crippen LogP contribution in [0.25, 0.3) is 33.3 Å². The SMILES string of the molecule is COc1ccnc2[nH]cc(-c3cnc4nc(C)n(C(C)C)c4c3)c12. The van der Waals surface area contributed by atoms with Gasteiger partial charge in [0.05, 0.1) is 18.0 Å². The van der Waals surface area contributed by atoms with Crippen LogP contribution in [0.15, 0.2) is 30.7 Å². The number of fused-ring (bicyclic) bond motifs is 2. The van der Waals surface area contributed by atoms with Crippen LogP contribution >= 0.6 is 0 Å². The molecule has 0 bridgehead atoms. The zero-order valence-electron chi connectivity index (χ0n) is 14.2. The molecular weight excluding hydrogens is 302 g/mol. The zero-order valence-corrected chi connectivity index (χ0v) is 14.2. The summed E-state index contributed by atoms with van der Waals surface area (Å²) < 4.78 is 7.71. The van der Waals surface area contributed by atoms with Crippen LogP contribution in [0.2, 0.25) is 0 Å². The number of hydrogen-bond acceptors (Lipinski definition) is 4. The van der Waals surface area contributed by atoms with Crippen molar-refractivity contribution in [2.24, 2.45) is 0 Å². The van der Waals surface area contributed by atoms with Gasteiger partial charge in [0.15, 0.2) is 5.65 Å². The molecule has 1 N–H and O–H groups in total. The highest BCUT2D eigenvalue weighted by atomic mass is 16.5. The Kier molecular flexibility index (Phi) is 3.26. The maximum Gasteiger partial charge on any atom is 0.177 e. The van der Waals surface area contributed by atoms with E-state index in [0.717, 1.165) is 44.9 Å². The summed E-state index contributed by atoms with van der Waals surface area (Å²) in [5, 5.41) is 0.966. The molecule has 0 aliphatic carbocycles. The summed E-state index contributed by atoms with van der Waals surface area (Å²) in [5.41, 5.74) is 4.66. The van der Waals surface area contributed by atoms with Crippen molar-refractivity contribution in [1.29, 1.82) is 0 Å². The normalized spacial score (nSPS) is 11.7. The lowest BCUT2D eigenvalue weighted by atomic mass is 10.1. The number of hydrogen-bond donors (Lipinski definition) is 1. The summed E-state index contributed by atoms with van der Waals surface area (Å²) >= 11 is 0. The molecule has 24 heavy (non-hydrogen) atoms. The summed E-state index contributed by atoms with van der Waals surface area (Å²) in [4.78, 5) is 16.7. The van der Waals surface area contributed by atoms with Gasteiger partial charge >= 0.3 is 0 Å². The van der Waals surface area contributed by atoms with E-state index in [2.05, 4.69) is 44.4 Å². The lowest BCUT2D eigenvalue weighted by Crippen LogP contribution is -2.02. The Hall–Kier alpha value is -2.89. The quantitative estimate of drug-likeness (QED) is 0.622. The summed E-state index contributed by atoms with van der Waals surface area (Å²) in [6, 6.07) is 4.33. The van der Waals surface area contributed by atoms with Crippen molar-refractivity contribution in [2.45, 2.75) is 26.8 Å². The van der Waals surface area contributed by atoms with Crippen molar-refractivity contribution in [3.63, 3.8) is 0 Å². The van der Waals surface area contributed by atoms with Gasteiger partial charge in [-0.1, -0.05) is 0 Å². The Labute approximate surface area is 139 Å². The van der Waals surface area contributed by atoms with E-state index in [1.165, 1.54) is 0 Å². The third-order valence-electron chi connectivity index (χ3n) is 4.31. The average molecular weight is 321 g/mol. The summed E-state index contributed by atoms with van der Waals surface area (Å²) in [6.07, 6.45) is 5.54. The number of nitrogens with zero attached hydrogens (tertiary/aromatic N) is 4. The van der Waals surface area contributed by atoms with Crippen molar-refractivity contribution in [3.8, 4) is 16.9 Å². The number of aromatic nitrogens is 5. The molecule has 6 nitrogen and oxygen atoms in total. The van der Waals surface area contributed by atoms with Gasteiger partial charge in [-0.2, -0.15) is 0 Å². The van der Waals surface area contributed by atoms with Gasteiger partial charge in [0.1, 0.15) is 17.2 Å². The van der Waals surface area contributed by atoms with Gasteiger partial charge in [-0.05, 0) is 32.9 Å². The van der Waals surface area contributed by atoms with Crippen LogP contribution < -0.4 is 4.74 Å². The second kappa shape index (κ2) is 5.33. The Morgan fingerprint density at radius 1 is 1.25 bits per heavy atom. The highest BCUT2D eigenvalue weighted by molar-refractivity contribution is 5.99. The van der Waals surface area contributed by atoms with Crippen molar-refractivity contribution in [1.82, 2.24) is 24.5 Å². The minimum Gasteiger partial charge on any atom is -0.496 e. The highest BCUT2D eigenvalue weighted by Crippen LogP contribution is 2.35. The largest absolute Gasteiger partial charge is 0.496 e. The van der Waals surface area contributed by atoms with E-state index in [9.17, 15) is 0 Å². The Morgan fingerprint density at radius 3 is 2.83 bits per heavy atom. The van der Waals surface area contributed by atoms with Crippen LogP contribution in [0.5, 0.6) is 5.75 Å². The molecule has 4 aromatic heterocycles. The molecule has 122 valence electrons. The highest BCUT2D eigenvalue weighted by Gasteiger charge is 2.16. The fourth-order valence-electron chi connectivity index (χ4n) is 3.31. The molecule has 6 heteroatoms. The number of H-pyrrole nitrogens is 1. The molecule has 0 aromatic carbocycles. The number of nitrogens with one attached hydrogen (secondary N) is 1. The van der Waals surface area contributed by atoms with E-state index >= 15 is 0 Å². The Morgan fingerprint density at radius 2 is 2.08 bits per heavy atom. The van der Waals surface area contributed by atoms with Gasteiger partial charge in [-0.25, -0.2) is 15.0 Å². The number of aryl methyl sites for hydroxylation is 1. The van der Waals surface area contributed by atoms with Gasteiger partial charge in [0.25, 0.3) is 0 Å². The molecule has 0 aliphatic rings. The van der Waals surface area contributed by atoms with Crippen molar-refractivity contribution in [2.75, 3.05) is 7.11 Å². The number of ether oxygens (including phenoxy) is 1. The zero-order chi connectivity index (χ0) is 16.8. The van der Waals surface area contributed by atoms with Gasteiger partial charge in [0, 0.05) is 35.8 Å². The topological polar surface area (TPSA) is 68.6 Å². The van der Waals surface area contributed by atoms with Crippen LogP contribution in [0.1, 0.15) is 25.7 Å². The van der Waals surface area contributed by atoms with Crippen LogP contribution in [-0.2, 0) is 0 Å². The van der Waals surface area contributed by atoms with Crippen LogP contribution in [-0.4, -0.2) is 31.6 Å². The second-order valence-corrected chi connectivity index (χ2v) is 6.13. The van der Waals surface area contributed by atoms with E-state index in [1.54, 1.807) is 13.3 Å². The molecule has 4 rings (SSSR count). The molecule has 4 heterocycles. The molecule has 0 radical (unpaired) electrons. The third kappa shape index (κ3) is 2.06. The molecule has 0 spiro atoms. The van der Waals surface area contributed by atoms with E-state index in [-0.39, 0.29) is 0 Å². The van der Waals surface area contributed by atoms with E-state index in [1.807, 2.05) is 25.4 Å². The molecule has 0 unspecified atom stereocenters. The molecule has 0 saturated carbocycles. The first-order chi connectivity index (χ1) is 11.6. The smallest absolute Gasteiger partial charge is 0.177 e. The maximum atomic E-state index is 5.50. The van der Waals surface area contributed by atoms with Crippen LogP contribution in [0.4, 0.5) is 0 Å². The van der Waals surface area contributed by atoms with Crippen molar-refractivity contribution < 1.29 is 4.74 Å². The number of imidazole rings is 1. The van der Waals surface area contributed by atoms with Crippen LogP contribution in [0.3, 0.4) is 0 Å². The standard InChI is InChI=1S/C18H19N5O/c1-10(2)23-11(3)22-17-14(23)7-12(8-20-17)13-9-21-18-16(13)15(24-4)5-6-19-18/h5-10H,1-4H3,(H,19,21). The molecule has 0 fully saturated rings. The summed E-state index contributed by atoms with van der Waals surface area (Å²) in [7, 11) is 1.67. The lowest BCUT2D eigenvalue weighted by molar-refractivity contribution is 0.419. The number of pyridine rings is 2. The monoisotopic (exact) mass is 321 g/mol. The van der Waals surface area contributed by atoms with E-state index < -0.39 is 0 Å². The predicted octanol–water partition coefficient (Wildman–Crippen LogP) is 3.87.